The van der Waals surface area contributed by atoms with Gasteiger partial charge in [-0.3, -0.25) is 0 Å². The number of hydrogen-bond acceptors (Lipinski definition) is 5. The van der Waals surface area contributed by atoms with Crippen LogP contribution in [0, 0.1) is 0 Å². The minimum Gasteiger partial charge on any atom is -0.497 e. The highest BCUT2D eigenvalue weighted by molar-refractivity contribution is 9.10. The Balaban J connectivity index is 1.61. The summed E-state index contributed by atoms with van der Waals surface area (Å²) in [5.41, 5.74) is 4.96. The van der Waals surface area contributed by atoms with Gasteiger partial charge in [-0.15, -0.1) is 0 Å². The predicted molar refractivity (Wildman–Crippen MR) is 131 cm³/mol. The number of benzene rings is 3. The number of aromatic nitrogens is 3. The normalized spacial score (nSPS) is 18.5. The van der Waals surface area contributed by atoms with Crippen LogP contribution >= 0.6 is 27.5 Å². The van der Waals surface area contributed by atoms with Crippen LogP contribution in [0.5, 0.6) is 11.5 Å². The summed E-state index contributed by atoms with van der Waals surface area (Å²) < 4.78 is 14.9. The van der Waals surface area contributed by atoms with Gasteiger partial charge >= 0.3 is 0 Å². The Bertz CT molecular complexity index is 1380. The Morgan fingerprint density at radius 3 is 2.55 bits per heavy atom. The van der Waals surface area contributed by atoms with E-state index in [1.54, 1.807) is 13.4 Å². The van der Waals surface area contributed by atoms with Crippen molar-refractivity contribution in [1.82, 2.24) is 14.8 Å². The fraction of sp³-hybridized carbons (Fsp3) is 0.120. The second-order valence-corrected chi connectivity index (χ2v) is 9.20. The van der Waals surface area contributed by atoms with Gasteiger partial charge in [-0.05, 0) is 53.6 Å². The number of halogens is 2. The van der Waals surface area contributed by atoms with E-state index in [1.807, 2.05) is 47.1 Å². The maximum Gasteiger partial charge on any atom is 0.226 e. The van der Waals surface area contributed by atoms with Gasteiger partial charge in [0.2, 0.25) is 5.95 Å². The zero-order valence-corrected chi connectivity index (χ0v) is 19.8. The van der Waals surface area contributed by atoms with Crippen LogP contribution in [0.4, 0.5) is 5.95 Å². The first-order chi connectivity index (χ1) is 16.1. The molecule has 1 N–H and O–H groups in total. The van der Waals surface area contributed by atoms with E-state index in [2.05, 4.69) is 55.6 Å². The van der Waals surface area contributed by atoms with Crippen LogP contribution in [0.3, 0.4) is 0 Å². The lowest BCUT2D eigenvalue weighted by atomic mass is 9.84. The van der Waals surface area contributed by atoms with Crippen molar-refractivity contribution < 1.29 is 9.47 Å². The first-order valence-corrected chi connectivity index (χ1v) is 11.6. The van der Waals surface area contributed by atoms with Gasteiger partial charge in [0.15, 0.2) is 0 Å². The highest BCUT2D eigenvalue weighted by Crippen LogP contribution is 2.51. The molecule has 8 heteroatoms. The summed E-state index contributed by atoms with van der Waals surface area (Å²) in [5.74, 6) is 2.22. The van der Waals surface area contributed by atoms with Crippen LogP contribution in [-0.2, 0) is 0 Å². The second-order valence-electron chi connectivity index (χ2n) is 7.85. The minimum atomic E-state index is -0.335. The van der Waals surface area contributed by atoms with Crippen molar-refractivity contribution in [2.24, 2.45) is 0 Å². The van der Waals surface area contributed by atoms with Gasteiger partial charge in [0.1, 0.15) is 30.0 Å². The molecule has 164 valence electrons. The van der Waals surface area contributed by atoms with Crippen LogP contribution in [-0.4, -0.2) is 21.9 Å². The molecule has 3 heterocycles. The van der Waals surface area contributed by atoms with E-state index in [0.717, 1.165) is 43.9 Å². The molecule has 6 rings (SSSR count). The average Bonchev–Trinajstić information content (AvgIpc) is 3.31. The van der Waals surface area contributed by atoms with Gasteiger partial charge in [-0.1, -0.05) is 51.8 Å². The molecule has 3 aromatic carbocycles. The van der Waals surface area contributed by atoms with Crippen molar-refractivity contribution in [3.63, 3.8) is 0 Å². The molecule has 0 spiro atoms. The topological polar surface area (TPSA) is 61.2 Å². The summed E-state index contributed by atoms with van der Waals surface area (Å²) in [6, 6.07) is 21.7. The number of nitrogens with zero attached hydrogens (tertiary/aromatic N) is 3. The highest BCUT2D eigenvalue weighted by Gasteiger charge is 2.41. The first-order valence-electron chi connectivity index (χ1n) is 10.4. The summed E-state index contributed by atoms with van der Waals surface area (Å²) in [4.78, 5) is 4.46. The molecule has 2 aliphatic heterocycles. The van der Waals surface area contributed by atoms with E-state index in [4.69, 9.17) is 21.1 Å². The van der Waals surface area contributed by atoms with Gasteiger partial charge in [0.05, 0.1) is 12.8 Å². The van der Waals surface area contributed by atoms with E-state index in [1.165, 1.54) is 0 Å². The molecule has 0 radical (unpaired) electrons. The molecule has 4 aromatic rings. The summed E-state index contributed by atoms with van der Waals surface area (Å²) in [7, 11) is 1.66. The fourth-order valence-corrected chi connectivity index (χ4v) is 4.90. The lowest BCUT2D eigenvalue weighted by Crippen LogP contribution is -2.32. The molecule has 6 nitrogen and oxygen atoms in total. The number of rotatable bonds is 3. The Hall–Kier alpha value is -3.29. The lowest BCUT2D eigenvalue weighted by Gasteiger charge is -2.39. The number of methoxy groups -OCH3 is 1. The standard InChI is InChI=1S/C25H18BrClN4O2/c1-32-18-9-4-14(5-10-18)23-21-22(30-25-28-13-29-31(23)25)19-12-17(27)8-11-20(19)33-24(21)15-2-6-16(26)7-3-15/h2-13,23-24H,1H3,(H,28,29,30)/t23-,24-/m0/s1. The summed E-state index contributed by atoms with van der Waals surface area (Å²) in [5, 5.41) is 8.68. The molecule has 0 fully saturated rings. The molecule has 33 heavy (non-hydrogen) atoms. The van der Waals surface area contributed by atoms with Crippen molar-refractivity contribution in [2.75, 3.05) is 12.4 Å². The quantitative estimate of drug-likeness (QED) is 0.345. The minimum absolute atomic E-state index is 0.231. The van der Waals surface area contributed by atoms with Crippen molar-refractivity contribution in [1.29, 1.82) is 0 Å². The third-order valence-electron chi connectivity index (χ3n) is 5.98. The lowest BCUT2D eigenvalue weighted by molar-refractivity contribution is 0.223. The molecule has 2 aliphatic rings. The predicted octanol–water partition coefficient (Wildman–Crippen LogP) is 6.26. The van der Waals surface area contributed by atoms with Crippen LogP contribution in [0.25, 0.3) is 5.70 Å². The molecule has 0 amide bonds. The number of anilines is 1. The Morgan fingerprint density at radius 1 is 1.03 bits per heavy atom. The number of fused-ring (bicyclic) bond motifs is 3. The SMILES string of the molecule is COc1ccc([C@H]2C3=C(Nc4ncnn42)c2cc(Cl)ccc2O[C@H]3c2ccc(Br)cc2)cc1. The molecule has 0 saturated heterocycles. The largest absolute Gasteiger partial charge is 0.497 e. The third-order valence-corrected chi connectivity index (χ3v) is 6.74. The average molecular weight is 522 g/mol. The van der Waals surface area contributed by atoms with Crippen molar-refractivity contribution in [2.45, 2.75) is 12.1 Å². The van der Waals surface area contributed by atoms with Gasteiger partial charge in [-0.25, -0.2) is 4.68 Å². The van der Waals surface area contributed by atoms with Crippen LogP contribution in [0.2, 0.25) is 5.02 Å². The summed E-state index contributed by atoms with van der Waals surface area (Å²) >= 11 is 9.92. The van der Waals surface area contributed by atoms with E-state index in [-0.39, 0.29) is 12.1 Å². The Morgan fingerprint density at radius 2 is 1.79 bits per heavy atom. The second kappa shape index (κ2) is 7.93. The van der Waals surface area contributed by atoms with Crippen molar-refractivity contribution >= 4 is 39.2 Å². The van der Waals surface area contributed by atoms with Crippen LogP contribution in [0.15, 0.2) is 83.1 Å². The van der Waals surface area contributed by atoms with Gasteiger partial charge in [-0.2, -0.15) is 10.1 Å². The summed E-state index contributed by atoms with van der Waals surface area (Å²) in [6.45, 7) is 0. The zero-order chi connectivity index (χ0) is 22.5. The van der Waals surface area contributed by atoms with E-state index in [0.29, 0.717) is 11.0 Å². The Labute approximate surface area is 204 Å². The zero-order valence-electron chi connectivity index (χ0n) is 17.5. The highest BCUT2D eigenvalue weighted by atomic mass is 79.9. The first kappa shape index (κ1) is 20.3. The number of ether oxygens (including phenoxy) is 2. The monoisotopic (exact) mass is 520 g/mol. The van der Waals surface area contributed by atoms with Gasteiger partial charge in [0.25, 0.3) is 0 Å². The molecular formula is C25H18BrClN4O2. The number of nitrogens with one attached hydrogen (secondary N) is 1. The third kappa shape index (κ3) is 3.39. The van der Waals surface area contributed by atoms with Crippen LogP contribution in [0.1, 0.15) is 28.8 Å². The van der Waals surface area contributed by atoms with Gasteiger partial charge < -0.3 is 14.8 Å². The van der Waals surface area contributed by atoms with E-state index >= 15 is 0 Å². The molecule has 0 saturated carbocycles. The maximum atomic E-state index is 6.61. The van der Waals surface area contributed by atoms with Gasteiger partial charge in [0, 0.05) is 20.6 Å². The molecular weight excluding hydrogens is 504 g/mol. The van der Waals surface area contributed by atoms with Crippen molar-refractivity contribution in [3.8, 4) is 11.5 Å². The maximum absolute atomic E-state index is 6.61. The number of hydrogen-bond donors (Lipinski definition) is 1. The molecule has 0 aliphatic carbocycles. The fourth-order valence-electron chi connectivity index (χ4n) is 4.46. The summed E-state index contributed by atoms with van der Waals surface area (Å²) in [6.07, 6.45) is 1.23. The molecule has 1 aromatic heterocycles. The van der Waals surface area contributed by atoms with E-state index in [9.17, 15) is 0 Å². The van der Waals surface area contributed by atoms with E-state index < -0.39 is 0 Å². The molecule has 0 bridgehead atoms. The molecule has 0 unspecified atom stereocenters. The molecule has 2 atom stereocenters. The van der Waals surface area contributed by atoms with Crippen molar-refractivity contribution in [3.05, 3.63) is 105 Å². The van der Waals surface area contributed by atoms with Crippen LogP contribution < -0.4 is 14.8 Å². The smallest absolute Gasteiger partial charge is 0.226 e. The Kier molecular flexibility index (Phi) is 4.89.